The minimum absolute atomic E-state index is 0.121. The van der Waals surface area contributed by atoms with Crippen LogP contribution in [0.3, 0.4) is 0 Å². The Bertz CT molecular complexity index is 987. The van der Waals surface area contributed by atoms with Gasteiger partial charge in [-0.05, 0) is 36.4 Å². The van der Waals surface area contributed by atoms with Crippen LogP contribution >= 0.6 is 0 Å². The van der Waals surface area contributed by atoms with Crippen molar-refractivity contribution >= 4 is 25.5 Å². The molecule has 0 amide bonds. The Balaban J connectivity index is 1.74. The number of nitrogens with zero attached hydrogens (tertiary/aromatic N) is 2. The average molecular weight is 416 g/mol. The topological polar surface area (TPSA) is 74.8 Å². The monoisotopic (exact) mass is 416 g/mol. The normalized spacial score (nSPS) is 16.6. The minimum Gasteiger partial charge on any atom is -0.369 e. The zero-order valence-corrected chi connectivity index (χ0v) is 15.8. The first-order chi connectivity index (χ1) is 12.7. The van der Waals surface area contributed by atoms with Crippen molar-refractivity contribution in [1.82, 2.24) is 4.31 Å². The van der Waals surface area contributed by atoms with Crippen molar-refractivity contribution in [2.24, 2.45) is 0 Å². The highest BCUT2D eigenvalue weighted by molar-refractivity contribution is 7.91. The lowest BCUT2D eigenvalue weighted by atomic mass is 10.2. The van der Waals surface area contributed by atoms with E-state index >= 15 is 0 Å². The second-order valence-corrected chi connectivity index (χ2v) is 9.86. The molecule has 1 heterocycles. The molecule has 0 bridgehead atoms. The van der Waals surface area contributed by atoms with Crippen LogP contribution in [0.2, 0.25) is 0 Å². The highest BCUT2D eigenvalue weighted by Gasteiger charge is 2.30. The summed E-state index contributed by atoms with van der Waals surface area (Å²) < 4.78 is 74.8. The van der Waals surface area contributed by atoms with Crippen LogP contribution in [0.25, 0.3) is 0 Å². The van der Waals surface area contributed by atoms with Crippen molar-refractivity contribution < 1.29 is 25.6 Å². The number of rotatable bonds is 5. The summed E-state index contributed by atoms with van der Waals surface area (Å²) in [5, 5.41) is 0. The van der Waals surface area contributed by atoms with E-state index in [1.54, 1.807) is 0 Å². The lowest BCUT2D eigenvalue weighted by Gasteiger charge is -2.35. The van der Waals surface area contributed by atoms with Crippen molar-refractivity contribution in [2.75, 3.05) is 31.1 Å². The summed E-state index contributed by atoms with van der Waals surface area (Å²) >= 11 is 0. The fraction of sp³-hybridized carbons (Fsp3) is 0.294. The summed E-state index contributed by atoms with van der Waals surface area (Å²) in [5.41, 5.74) is 1.01. The predicted octanol–water partition coefficient (Wildman–Crippen LogP) is 2.19. The number of hydrogen-bond acceptors (Lipinski definition) is 5. The number of sulfonamides is 1. The molecule has 0 aromatic heterocycles. The molecule has 0 spiro atoms. The van der Waals surface area contributed by atoms with Crippen LogP contribution in [0.1, 0.15) is 0 Å². The molecule has 1 aliphatic rings. The number of anilines is 1. The smallest absolute Gasteiger partial charge is 0.341 e. The molecule has 0 unspecified atom stereocenters. The molecule has 1 fully saturated rings. The van der Waals surface area contributed by atoms with E-state index in [0.717, 1.165) is 30.0 Å². The Kier molecular flexibility index (Phi) is 5.50. The van der Waals surface area contributed by atoms with E-state index in [1.807, 2.05) is 30.3 Å². The van der Waals surface area contributed by atoms with E-state index in [2.05, 4.69) is 4.90 Å². The maximum Gasteiger partial charge on any atom is 0.341 e. The van der Waals surface area contributed by atoms with Crippen molar-refractivity contribution in [3.05, 3.63) is 54.6 Å². The fourth-order valence-corrected chi connectivity index (χ4v) is 5.02. The number of benzene rings is 2. The van der Waals surface area contributed by atoms with Gasteiger partial charge in [-0.15, -0.1) is 0 Å². The van der Waals surface area contributed by atoms with Crippen molar-refractivity contribution in [1.29, 1.82) is 0 Å². The van der Waals surface area contributed by atoms with Crippen molar-refractivity contribution in [3.63, 3.8) is 0 Å². The molecule has 0 atom stereocenters. The van der Waals surface area contributed by atoms with Gasteiger partial charge < -0.3 is 4.90 Å². The van der Waals surface area contributed by atoms with Gasteiger partial charge in [-0.25, -0.2) is 16.8 Å². The molecule has 0 saturated carbocycles. The van der Waals surface area contributed by atoms with Gasteiger partial charge in [0.05, 0.1) is 9.79 Å². The standard InChI is InChI=1S/C17H18F2N2O4S2/c18-17(19)26(22,23)15-6-8-16(9-7-15)27(24,25)21-12-10-20(11-13-21)14-4-2-1-3-5-14/h1-9,17H,10-13H2. The number of hydrogen-bond donors (Lipinski definition) is 0. The molecule has 27 heavy (non-hydrogen) atoms. The lowest BCUT2D eigenvalue weighted by Crippen LogP contribution is -2.48. The molecule has 1 saturated heterocycles. The van der Waals surface area contributed by atoms with Gasteiger partial charge in [0.25, 0.3) is 0 Å². The quantitative estimate of drug-likeness (QED) is 0.747. The molecule has 2 aromatic carbocycles. The van der Waals surface area contributed by atoms with Crippen LogP contribution < -0.4 is 4.90 Å². The van der Waals surface area contributed by atoms with E-state index in [1.165, 1.54) is 4.31 Å². The fourth-order valence-electron chi connectivity index (χ4n) is 2.88. The molecule has 0 radical (unpaired) electrons. The van der Waals surface area contributed by atoms with Gasteiger partial charge in [0.1, 0.15) is 0 Å². The second kappa shape index (κ2) is 7.53. The van der Waals surface area contributed by atoms with Gasteiger partial charge in [0.15, 0.2) is 0 Å². The van der Waals surface area contributed by atoms with Gasteiger partial charge in [-0.2, -0.15) is 13.1 Å². The van der Waals surface area contributed by atoms with Gasteiger partial charge in [0, 0.05) is 31.9 Å². The third-order valence-electron chi connectivity index (χ3n) is 4.38. The number of sulfone groups is 1. The average Bonchev–Trinajstić information content (AvgIpc) is 2.68. The number of alkyl halides is 2. The molecule has 2 aromatic rings. The van der Waals surface area contributed by atoms with Gasteiger partial charge >= 0.3 is 5.76 Å². The molecule has 1 aliphatic heterocycles. The van der Waals surface area contributed by atoms with E-state index in [9.17, 15) is 25.6 Å². The maximum atomic E-state index is 12.7. The molecule has 6 nitrogen and oxygen atoms in total. The van der Waals surface area contributed by atoms with Crippen LogP contribution in [-0.4, -0.2) is 53.1 Å². The lowest BCUT2D eigenvalue weighted by molar-refractivity contribution is 0.234. The highest BCUT2D eigenvalue weighted by Crippen LogP contribution is 2.24. The second-order valence-electron chi connectivity index (χ2n) is 6.00. The van der Waals surface area contributed by atoms with Crippen LogP contribution in [0.4, 0.5) is 14.5 Å². The van der Waals surface area contributed by atoms with Crippen LogP contribution in [0, 0.1) is 0 Å². The Labute approximate surface area is 157 Å². The summed E-state index contributed by atoms with van der Waals surface area (Å²) in [6, 6.07) is 13.5. The van der Waals surface area contributed by atoms with Crippen LogP contribution in [-0.2, 0) is 19.9 Å². The molecular formula is C17H18F2N2O4S2. The molecule has 0 N–H and O–H groups in total. The maximum absolute atomic E-state index is 12.7. The molecule has 0 aliphatic carbocycles. The number of para-hydroxylation sites is 1. The first-order valence-electron chi connectivity index (χ1n) is 8.15. The first-order valence-corrected chi connectivity index (χ1v) is 11.1. The van der Waals surface area contributed by atoms with Gasteiger partial charge in [0.2, 0.25) is 19.9 Å². The van der Waals surface area contributed by atoms with Crippen LogP contribution in [0.15, 0.2) is 64.4 Å². The van der Waals surface area contributed by atoms with Gasteiger partial charge in [-0.1, -0.05) is 18.2 Å². The van der Waals surface area contributed by atoms with E-state index in [-0.39, 0.29) is 18.0 Å². The Morgan fingerprint density at radius 2 is 1.26 bits per heavy atom. The van der Waals surface area contributed by atoms with E-state index in [0.29, 0.717) is 13.1 Å². The van der Waals surface area contributed by atoms with E-state index < -0.39 is 30.5 Å². The number of halogens is 2. The Morgan fingerprint density at radius 3 is 1.78 bits per heavy atom. The summed E-state index contributed by atoms with van der Waals surface area (Å²) in [6.45, 7) is 1.57. The molecule has 10 heteroatoms. The van der Waals surface area contributed by atoms with Crippen molar-refractivity contribution in [2.45, 2.75) is 15.5 Å². The van der Waals surface area contributed by atoms with Crippen LogP contribution in [0.5, 0.6) is 0 Å². The largest absolute Gasteiger partial charge is 0.369 e. The number of piperazine rings is 1. The minimum atomic E-state index is -4.75. The van der Waals surface area contributed by atoms with Crippen molar-refractivity contribution in [3.8, 4) is 0 Å². The summed E-state index contributed by atoms with van der Waals surface area (Å²) in [7, 11) is -8.58. The summed E-state index contributed by atoms with van der Waals surface area (Å²) in [6.07, 6.45) is 0. The Hall–Kier alpha value is -2.04. The zero-order chi connectivity index (χ0) is 19.7. The van der Waals surface area contributed by atoms with E-state index in [4.69, 9.17) is 0 Å². The molecule has 3 rings (SSSR count). The predicted molar refractivity (Wildman–Crippen MR) is 97.0 cm³/mol. The Morgan fingerprint density at radius 1 is 0.741 bits per heavy atom. The molecule has 146 valence electrons. The SMILES string of the molecule is O=S(=O)(c1ccc(S(=O)(=O)N2CCN(c3ccccc3)CC2)cc1)C(F)F. The summed E-state index contributed by atoms with van der Waals surface area (Å²) in [5.74, 6) is -3.55. The van der Waals surface area contributed by atoms with Gasteiger partial charge in [-0.3, -0.25) is 0 Å². The first kappa shape index (κ1) is 19.7. The third kappa shape index (κ3) is 3.97. The molecular weight excluding hydrogens is 398 g/mol. The highest BCUT2D eigenvalue weighted by atomic mass is 32.2. The summed E-state index contributed by atoms with van der Waals surface area (Å²) in [4.78, 5) is 1.35. The third-order valence-corrected chi connectivity index (χ3v) is 7.70. The zero-order valence-electron chi connectivity index (χ0n) is 14.2.